The number of hydrogen-bond donors (Lipinski definition) is 1. The largest absolute Gasteiger partial charge is 0.478 e. The molecule has 0 saturated heterocycles. The van der Waals surface area contributed by atoms with E-state index in [2.05, 4.69) is 4.98 Å². The molecule has 2 heterocycles. The van der Waals surface area contributed by atoms with Crippen LogP contribution in [0, 0.1) is 5.82 Å². The van der Waals surface area contributed by atoms with Gasteiger partial charge in [0.15, 0.2) is 11.6 Å². The van der Waals surface area contributed by atoms with Gasteiger partial charge in [0.25, 0.3) is 0 Å². The molecule has 1 aromatic carbocycles. The third kappa shape index (κ3) is 1.83. The monoisotopic (exact) mass is 258 g/mol. The number of carboxylic acid groups (broad SMARTS) is 1. The first-order valence-electron chi connectivity index (χ1n) is 5.91. The Labute approximate surface area is 109 Å². The fourth-order valence-electron chi connectivity index (χ4n) is 2.34. The molecule has 1 aliphatic rings. The summed E-state index contributed by atoms with van der Waals surface area (Å²) in [6.07, 6.45) is 2.12. The predicted octanol–water partition coefficient (Wildman–Crippen LogP) is 2.61. The van der Waals surface area contributed by atoms with Crippen molar-refractivity contribution in [3.63, 3.8) is 0 Å². The van der Waals surface area contributed by atoms with Gasteiger partial charge in [-0.15, -0.1) is 0 Å². The van der Waals surface area contributed by atoms with E-state index >= 15 is 0 Å². The van der Waals surface area contributed by atoms with Gasteiger partial charge >= 0.3 is 5.97 Å². The zero-order valence-corrected chi connectivity index (χ0v) is 10.0. The van der Waals surface area contributed by atoms with Crippen LogP contribution in [-0.2, 0) is 6.42 Å². The normalized spacial score (nSPS) is 13.4. The maximum Gasteiger partial charge on any atom is 0.338 e. The number of halogens is 1. The zero-order chi connectivity index (χ0) is 13.4. The highest BCUT2D eigenvalue weighted by Gasteiger charge is 2.25. The van der Waals surface area contributed by atoms with Crippen LogP contribution in [0.15, 0.2) is 36.5 Å². The summed E-state index contributed by atoms with van der Waals surface area (Å²) >= 11 is 0. The molecule has 1 aliphatic heterocycles. The molecule has 96 valence electrons. The van der Waals surface area contributed by atoms with Gasteiger partial charge in [0.1, 0.15) is 5.56 Å². The number of pyridine rings is 1. The highest BCUT2D eigenvalue weighted by molar-refractivity contribution is 5.89. The van der Waals surface area contributed by atoms with Crippen molar-refractivity contribution in [2.24, 2.45) is 0 Å². The predicted molar refractivity (Wildman–Crippen MR) is 68.3 cm³/mol. The van der Waals surface area contributed by atoms with Gasteiger partial charge in [0.2, 0.25) is 0 Å². The van der Waals surface area contributed by atoms with Crippen molar-refractivity contribution in [2.45, 2.75) is 6.42 Å². The fourth-order valence-corrected chi connectivity index (χ4v) is 2.34. The lowest BCUT2D eigenvalue weighted by Gasteiger charge is -2.19. The van der Waals surface area contributed by atoms with Gasteiger partial charge in [-0.3, -0.25) is 0 Å². The fraction of sp³-hybridized carbons (Fsp3) is 0.143. The Hall–Kier alpha value is -2.43. The minimum absolute atomic E-state index is 0.0739. The Kier molecular flexibility index (Phi) is 2.67. The van der Waals surface area contributed by atoms with E-state index in [-0.39, 0.29) is 11.4 Å². The second-order valence-electron chi connectivity index (χ2n) is 4.33. The smallest absolute Gasteiger partial charge is 0.338 e. The molecule has 3 rings (SSSR count). The molecule has 0 fully saturated rings. The average molecular weight is 258 g/mol. The van der Waals surface area contributed by atoms with Gasteiger partial charge in [-0.25, -0.2) is 14.2 Å². The number of rotatable bonds is 2. The van der Waals surface area contributed by atoms with Gasteiger partial charge in [-0.2, -0.15) is 0 Å². The molecule has 0 radical (unpaired) electrons. The first-order chi connectivity index (χ1) is 9.18. The third-order valence-corrected chi connectivity index (χ3v) is 3.24. The van der Waals surface area contributed by atoms with E-state index in [1.807, 2.05) is 24.3 Å². The van der Waals surface area contributed by atoms with E-state index in [1.165, 1.54) is 12.3 Å². The molecule has 0 aliphatic carbocycles. The van der Waals surface area contributed by atoms with Crippen LogP contribution < -0.4 is 4.90 Å². The highest BCUT2D eigenvalue weighted by atomic mass is 19.1. The lowest BCUT2D eigenvalue weighted by Crippen LogP contribution is -2.18. The van der Waals surface area contributed by atoms with Crippen LogP contribution in [0.1, 0.15) is 15.9 Å². The Morgan fingerprint density at radius 1 is 1.32 bits per heavy atom. The summed E-state index contributed by atoms with van der Waals surface area (Å²) in [6, 6.07) is 8.84. The highest BCUT2D eigenvalue weighted by Crippen LogP contribution is 2.34. The van der Waals surface area contributed by atoms with Crippen LogP contribution in [0.3, 0.4) is 0 Å². The summed E-state index contributed by atoms with van der Waals surface area (Å²) in [5.74, 6) is -2.00. The molecule has 1 N–H and O–H groups in total. The Morgan fingerprint density at radius 3 is 2.89 bits per heavy atom. The molecule has 0 amide bonds. The molecule has 0 spiro atoms. The lowest BCUT2D eigenvalue weighted by atomic mass is 10.2. The molecule has 1 aromatic heterocycles. The number of carboxylic acids is 1. The van der Waals surface area contributed by atoms with Crippen molar-refractivity contribution < 1.29 is 14.3 Å². The molecule has 2 aromatic rings. The minimum Gasteiger partial charge on any atom is -0.478 e. The molecule has 5 heteroatoms. The molecular weight excluding hydrogens is 247 g/mol. The molecular formula is C14H11FN2O2. The van der Waals surface area contributed by atoms with Gasteiger partial charge in [0, 0.05) is 18.4 Å². The number of carbonyl (C=O) groups is 1. The number of hydrogen-bond acceptors (Lipinski definition) is 3. The van der Waals surface area contributed by atoms with Gasteiger partial charge < -0.3 is 10.0 Å². The second kappa shape index (κ2) is 4.35. The maximum atomic E-state index is 14.2. The number of para-hydroxylation sites is 1. The van der Waals surface area contributed by atoms with E-state index < -0.39 is 11.8 Å². The number of anilines is 2. The van der Waals surface area contributed by atoms with Crippen molar-refractivity contribution in [2.75, 3.05) is 11.4 Å². The van der Waals surface area contributed by atoms with Crippen molar-refractivity contribution in [3.05, 3.63) is 53.5 Å². The summed E-state index contributed by atoms with van der Waals surface area (Å²) in [6.45, 7) is 0.604. The van der Waals surface area contributed by atoms with Crippen LogP contribution in [-0.4, -0.2) is 22.6 Å². The number of fused-ring (bicyclic) bond motifs is 1. The standard InChI is InChI=1S/C14H11FN2O2/c15-12-10(14(18)19)5-7-16-13(12)17-8-6-9-3-1-2-4-11(9)17/h1-5,7H,6,8H2,(H,18,19). The summed E-state index contributed by atoms with van der Waals surface area (Å²) in [5, 5.41) is 8.94. The molecule has 19 heavy (non-hydrogen) atoms. The van der Waals surface area contributed by atoms with E-state index in [0.717, 1.165) is 17.7 Å². The molecule has 0 saturated carbocycles. The maximum absolute atomic E-state index is 14.2. The van der Waals surface area contributed by atoms with Gasteiger partial charge in [0.05, 0.1) is 0 Å². The van der Waals surface area contributed by atoms with Crippen LogP contribution in [0.2, 0.25) is 0 Å². The second-order valence-corrected chi connectivity index (χ2v) is 4.33. The van der Waals surface area contributed by atoms with Crippen molar-refractivity contribution in [1.29, 1.82) is 0 Å². The van der Waals surface area contributed by atoms with E-state index in [1.54, 1.807) is 4.90 Å². The summed E-state index contributed by atoms with van der Waals surface area (Å²) < 4.78 is 14.2. The Balaban J connectivity index is 2.10. The van der Waals surface area contributed by atoms with E-state index in [4.69, 9.17) is 5.11 Å². The van der Waals surface area contributed by atoms with Gasteiger partial charge in [-0.05, 0) is 24.1 Å². The molecule has 0 bridgehead atoms. The number of nitrogens with zero attached hydrogens (tertiary/aromatic N) is 2. The Morgan fingerprint density at radius 2 is 2.11 bits per heavy atom. The van der Waals surface area contributed by atoms with Crippen LogP contribution in [0.5, 0.6) is 0 Å². The molecule has 0 unspecified atom stereocenters. The average Bonchev–Trinajstić information content (AvgIpc) is 2.82. The first kappa shape index (κ1) is 11.6. The number of aromatic carboxylic acids is 1. The summed E-state index contributed by atoms with van der Waals surface area (Å²) in [5.41, 5.74) is 1.65. The number of benzene rings is 1. The van der Waals surface area contributed by atoms with Crippen LogP contribution in [0.25, 0.3) is 0 Å². The van der Waals surface area contributed by atoms with Gasteiger partial charge in [-0.1, -0.05) is 18.2 Å². The van der Waals surface area contributed by atoms with Crippen LogP contribution in [0.4, 0.5) is 15.9 Å². The first-order valence-corrected chi connectivity index (χ1v) is 5.91. The molecule has 4 nitrogen and oxygen atoms in total. The minimum atomic E-state index is -1.28. The topological polar surface area (TPSA) is 53.4 Å². The summed E-state index contributed by atoms with van der Waals surface area (Å²) in [4.78, 5) is 16.7. The summed E-state index contributed by atoms with van der Waals surface area (Å²) in [7, 11) is 0. The number of aromatic nitrogens is 1. The quantitative estimate of drug-likeness (QED) is 0.899. The Bertz CT molecular complexity index is 658. The van der Waals surface area contributed by atoms with Crippen LogP contribution >= 0.6 is 0 Å². The van der Waals surface area contributed by atoms with Crippen molar-refractivity contribution >= 4 is 17.5 Å². The zero-order valence-electron chi connectivity index (χ0n) is 10.0. The van der Waals surface area contributed by atoms with E-state index in [9.17, 15) is 9.18 Å². The molecule has 0 atom stereocenters. The van der Waals surface area contributed by atoms with E-state index in [0.29, 0.717) is 6.54 Å². The SMILES string of the molecule is O=C(O)c1ccnc(N2CCc3ccccc32)c1F. The van der Waals surface area contributed by atoms with Crippen molar-refractivity contribution in [1.82, 2.24) is 4.98 Å². The van der Waals surface area contributed by atoms with Crippen molar-refractivity contribution in [3.8, 4) is 0 Å². The third-order valence-electron chi connectivity index (χ3n) is 3.24. The lowest BCUT2D eigenvalue weighted by molar-refractivity contribution is 0.0692.